The van der Waals surface area contributed by atoms with Crippen molar-refractivity contribution >= 4 is 16.7 Å². The zero-order valence-corrected chi connectivity index (χ0v) is 11.7. The lowest BCUT2D eigenvalue weighted by Gasteiger charge is -2.24. The molecule has 1 atom stereocenters. The number of benzene rings is 1. The summed E-state index contributed by atoms with van der Waals surface area (Å²) in [5.74, 6) is 1.25. The second kappa shape index (κ2) is 6.82. The van der Waals surface area contributed by atoms with Gasteiger partial charge in [-0.05, 0) is 24.8 Å². The summed E-state index contributed by atoms with van der Waals surface area (Å²) in [6, 6.07) is 9.37. The van der Waals surface area contributed by atoms with Gasteiger partial charge in [-0.25, -0.2) is 0 Å². The Balaban J connectivity index is 1.81. The van der Waals surface area contributed by atoms with E-state index in [9.17, 15) is 9.00 Å². The van der Waals surface area contributed by atoms with Gasteiger partial charge in [0.1, 0.15) is 0 Å². The average molecular weight is 280 g/mol. The van der Waals surface area contributed by atoms with Crippen molar-refractivity contribution in [2.75, 3.05) is 11.5 Å². The number of hydrogen-bond acceptors (Lipinski definition) is 3. The molecule has 5 heteroatoms. The van der Waals surface area contributed by atoms with Crippen LogP contribution in [0.3, 0.4) is 0 Å². The van der Waals surface area contributed by atoms with Gasteiger partial charge in [-0.3, -0.25) is 9.00 Å². The van der Waals surface area contributed by atoms with Gasteiger partial charge in [0.15, 0.2) is 0 Å². The third-order valence-electron chi connectivity index (χ3n) is 3.37. The quantitative estimate of drug-likeness (QED) is 0.847. The van der Waals surface area contributed by atoms with E-state index in [1.54, 1.807) is 0 Å². The van der Waals surface area contributed by atoms with Crippen molar-refractivity contribution in [2.24, 2.45) is 5.73 Å². The summed E-state index contributed by atoms with van der Waals surface area (Å²) in [5.41, 5.74) is 6.99. The fourth-order valence-corrected chi connectivity index (χ4v) is 3.51. The van der Waals surface area contributed by atoms with Crippen LogP contribution in [0, 0.1) is 0 Å². The predicted molar refractivity (Wildman–Crippen MR) is 77.2 cm³/mol. The molecule has 1 heterocycles. The molecule has 0 unspecified atom stereocenters. The highest BCUT2D eigenvalue weighted by atomic mass is 32.2. The van der Waals surface area contributed by atoms with E-state index >= 15 is 0 Å². The third kappa shape index (κ3) is 4.44. The smallest absolute Gasteiger partial charge is 0.237 e. The van der Waals surface area contributed by atoms with E-state index in [4.69, 9.17) is 5.73 Å². The zero-order valence-electron chi connectivity index (χ0n) is 10.9. The van der Waals surface area contributed by atoms with Crippen LogP contribution in [-0.4, -0.2) is 33.7 Å². The monoisotopic (exact) mass is 280 g/mol. The van der Waals surface area contributed by atoms with Crippen molar-refractivity contribution in [2.45, 2.75) is 31.3 Å². The Labute approximate surface area is 116 Å². The molecular weight excluding hydrogens is 260 g/mol. The molecule has 0 saturated carbocycles. The van der Waals surface area contributed by atoms with Gasteiger partial charge in [-0.15, -0.1) is 0 Å². The first-order chi connectivity index (χ1) is 9.15. The number of amides is 1. The van der Waals surface area contributed by atoms with Crippen LogP contribution in [0.4, 0.5) is 0 Å². The minimum absolute atomic E-state index is 0.110. The largest absolute Gasteiger partial charge is 0.352 e. The molecule has 1 aromatic rings. The Morgan fingerprint density at radius 3 is 2.58 bits per heavy atom. The van der Waals surface area contributed by atoms with E-state index in [0.29, 0.717) is 17.9 Å². The lowest BCUT2D eigenvalue weighted by Crippen LogP contribution is -2.48. The van der Waals surface area contributed by atoms with Crippen LogP contribution in [-0.2, 0) is 22.0 Å². The predicted octanol–water partition coefficient (Wildman–Crippen LogP) is 0.584. The van der Waals surface area contributed by atoms with Crippen molar-refractivity contribution in [3.05, 3.63) is 35.9 Å². The summed E-state index contributed by atoms with van der Waals surface area (Å²) in [4.78, 5) is 12.0. The minimum atomic E-state index is -0.700. The number of rotatable bonds is 4. The fourth-order valence-electron chi connectivity index (χ4n) is 2.21. The van der Waals surface area contributed by atoms with Gasteiger partial charge in [0.05, 0.1) is 6.04 Å². The standard InChI is InChI=1S/C14H20N2O2S/c15-13(10-11-4-2-1-3-5-11)14(17)16-12-6-8-19(18)9-7-12/h1-5,12-13H,6-10,15H2,(H,16,17)/t12?,13-,19?/m1/s1. The highest BCUT2D eigenvalue weighted by molar-refractivity contribution is 7.85. The van der Waals surface area contributed by atoms with Gasteiger partial charge in [-0.1, -0.05) is 30.3 Å². The third-order valence-corrected chi connectivity index (χ3v) is 4.75. The molecule has 1 saturated heterocycles. The molecule has 0 radical (unpaired) electrons. The Kier molecular flexibility index (Phi) is 5.10. The van der Waals surface area contributed by atoms with E-state index in [-0.39, 0.29) is 11.9 Å². The second-order valence-corrected chi connectivity index (χ2v) is 6.62. The normalized spacial score (nSPS) is 24.7. The highest BCUT2D eigenvalue weighted by Gasteiger charge is 2.22. The second-order valence-electron chi connectivity index (χ2n) is 4.93. The molecule has 19 heavy (non-hydrogen) atoms. The molecule has 1 amide bonds. The molecule has 2 rings (SSSR count). The van der Waals surface area contributed by atoms with Gasteiger partial charge in [0.2, 0.25) is 5.91 Å². The molecule has 104 valence electrons. The van der Waals surface area contributed by atoms with E-state index in [1.807, 2.05) is 30.3 Å². The molecule has 0 spiro atoms. The van der Waals surface area contributed by atoms with Gasteiger partial charge in [-0.2, -0.15) is 0 Å². The number of nitrogens with two attached hydrogens (primary N) is 1. The van der Waals surface area contributed by atoms with E-state index in [2.05, 4.69) is 5.32 Å². The van der Waals surface area contributed by atoms with Crippen LogP contribution < -0.4 is 11.1 Å². The van der Waals surface area contributed by atoms with Gasteiger partial charge < -0.3 is 11.1 Å². The topological polar surface area (TPSA) is 72.2 Å². The Morgan fingerprint density at radius 1 is 1.32 bits per heavy atom. The highest BCUT2D eigenvalue weighted by Crippen LogP contribution is 2.09. The van der Waals surface area contributed by atoms with Gasteiger partial charge in [0.25, 0.3) is 0 Å². The first kappa shape index (κ1) is 14.2. The van der Waals surface area contributed by atoms with Crippen molar-refractivity contribution in [3.63, 3.8) is 0 Å². The minimum Gasteiger partial charge on any atom is -0.352 e. The first-order valence-corrected chi connectivity index (χ1v) is 8.09. The molecule has 0 aromatic heterocycles. The lowest BCUT2D eigenvalue weighted by atomic mass is 10.1. The van der Waals surface area contributed by atoms with Crippen molar-refractivity contribution < 1.29 is 9.00 Å². The maximum absolute atomic E-state index is 12.0. The van der Waals surface area contributed by atoms with Gasteiger partial charge in [0, 0.05) is 28.3 Å². The molecule has 1 fully saturated rings. The van der Waals surface area contributed by atoms with Crippen LogP contribution in [0.1, 0.15) is 18.4 Å². The molecular formula is C14H20N2O2S. The SMILES string of the molecule is N[C@H](Cc1ccccc1)C(=O)NC1CCS(=O)CC1. The van der Waals surface area contributed by atoms with Crippen molar-refractivity contribution in [1.82, 2.24) is 5.32 Å². The molecule has 4 nitrogen and oxygen atoms in total. The Hall–Kier alpha value is -1.20. The zero-order chi connectivity index (χ0) is 13.7. The number of carbonyl (C=O) groups is 1. The van der Waals surface area contributed by atoms with Crippen molar-refractivity contribution in [1.29, 1.82) is 0 Å². The van der Waals surface area contributed by atoms with Crippen LogP contribution in [0.15, 0.2) is 30.3 Å². The summed E-state index contributed by atoms with van der Waals surface area (Å²) >= 11 is 0. The number of carbonyl (C=O) groups excluding carboxylic acids is 1. The van der Waals surface area contributed by atoms with Crippen LogP contribution >= 0.6 is 0 Å². The Bertz CT molecular complexity index is 440. The molecule has 0 bridgehead atoms. The Morgan fingerprint density at radius 2 is 1.95 bits per heavy atom. The summed E-state index contributed by atoms with van der Waals surface area (Å²) in [6.07, 6.45) is 2.12. The van der Waals surface area contributed by atoms with Gasteiger partial charge >= 0.3 is 0 Å². The van der Waals surface area contributed by atoms with Crippen LogP contribution in [0.5, 0.6) is 0 Å². The summed E-state index contributed by atoms with van der Waals surface area (Å²) in [7, 11) is -0.700. The summed E-state index contributed by atoms with van der Waals surface area (Å²) in [5, 5.41) is 2.96. The molecule has 1 aliphatic heterocycles. The van der Waals surface area contributed by atoms with Crippen LogP contribution in [0.25, 0.3) is 0 Å². The molecule has 1 aliphatic rings. The molecule has 1 aromatic carbocycles. The maximum atomic E-state index is 12.0. The lowest BCUT2D eigenvalue weighted by molar-refractivity contribution is -0.123. The fraction of sp³-hybridized carbons (Fsp3) is 0.500. The number of nitrogens with one attached hydrogen (secondary N) is 1. The van der Waals surface area contributed by atoms with Crippen LogP contribution in [0.2, 0.25) is 0 Å². The molecule has 0 aliphatic carbocycles. The first-order valence-electron chi connectivity index (χ1n) is 6.60. The van der Waals surface area contributed by atoms with E-state index in [0.717, 1.165) is 18.4 Å². The van der Waals surface area contributed by atoms with E-state index in [1.165, 1.54) is 0 Å². The molecule has 3 N–H and O–H groups in total. The number of hydrogen-bond donors (Lipinski definition) is 2. The average Bonchev–Trinajstić information content (AvgIpc) is 2.42. The van der Waals surface area contributed by atoms with Crippen molar-refractivity contribution in [3.8, 4) is 0 Å². The summed E-state index contributed by atoms with van der Waals surface area (Å²) < 4.78 is 11.2. The summed E-state index contributed by atoms with van der Waals surface area (Å²) in [6.45, 7) is 0. The van der Waals surface area contributed by atoms with E-state index < -0.39 is 16.8 Å². The maximum Gasteiger partial charge on any atom is 0.237 e.